The summed E-state index contributed by atoms with van der Waals surface area (Å²) >= 11 is 0. The highest BCUT2D eigenvalue weighted by atomic mass is 16.2. The van der Waals surface area contributed by atoms with Crippen LogP contribution in [0.2, 0.25) is 0 Å². The third kappa shape index (κ3) is 3.43. The van der Waals surface area contributed by atoms with E-state index in [0.29, 0.717) is 17.3 Å². The topological polar surface area (TPSA) is 86.9 Å². The van der Waals surface area contributed by atoms with Crippen LogP contribution in [0.4, 0.5) is 11.4 Å². The molecule has 3 aromatic rings. The number of amides is 2. The van der Waals surface area contributed by atoms with Gasteiger partial charge in [0.2, 0.25) is 0 Å². The minimum absolute atomic E-state index is 0.412. The summed E-state index contributed by atoms with van der Waals surface area (Å²) in [7, 11) is 0. The zero-order valence-electron chi connectivity index (χ0n) is 13.5. The van der Waals surface area contributed by atoms with E-state index in [9.17, 15) is 9.59 Å². The molecule has 0 saturated carbocycles. The van der Waals surface area contributed by atoms with Crippen LogP contribution in [0.3, 0.4) is 0 Å². The lowest BCUT2D eigenvalue weighted by Gasteiger charge is -2.09. The van der Waals surface area contributed by atoms with Gasteiger partial charge in [-0.2, -0.15) is 5.10 Å². The Kier molecular flexibility index (Phi) is 4.29. The second kappa shape index (κ2) is 6.54. The van der Waals surface area contributed by atoms with Crippen molar-refractivity contribution in [3.63, 3.8) is 0 Å². The number of benzene rings is 2. The fraction of sp³-hybridized carbons (Fsp3) is 0.167. The first-order valence-electron chi connectivity index (χ1n) is 7.68. The zero-order chi connectivity index (χ0) is 17.1. The van der Waals surface area contributed by atoms with E-state index in [4.69, 9.17) is 0 Å². The summed E-state index contributed by atoms with van der Waals surface area (Å²) < 4.78 is 0. The van der Waals surface area contributed by atoms with E-state index >= 15 is 0 Å². The van der Waals surface area contributed by atoms with Crippen LogP contribution in [0.25, 0.3) is 10.9 Å². The predicted octanol–water partition coefficient (Wildman–Crippen LogP) is 3.26. The van der Waals surface area contributed by atoms with E-state index in [1.807, 2.05) is 18.2 Å². The summed E-state index contributed by atoms with van der Waals surface area (Å²) in [6.07, 6.45) is 1.69. The minimum Gasteiger partial charge on any atom is -0.318 e. The van der Waals surface area contributed by atoms with Crippen LogP contribution < -0.4 is 10.6 Å². The number of carbonyl (C=O) groups excluding carboxylic acids is 2. The molecule has 24 heavy (non-hydrogen) atoms. The molecule has 2 aromatic carbocycles. The molecule has 1 aromatic heterocycles. The molecule has 0 aliphatic carbocycles. The average molecular weight is 322 g/mol. The van der Waals surface area contributed by atoms with Crippen LogP contribution in [0.1, 0.15) is 25.3 Å². The highest BCUT2D eigenvalue weighted by Crippen LogP contribution is 2.18. The maximum atomic E-state index is 12.0. The van der Waals surface area contributed by atoms with Gasteiger partial charge in [-0.15, -0.1) is 0 Å². The van der Waals surface area contributed by atoms with E-state index in [0.717, 1.165) is 10.9 Å². The monoisotopic (exact) mass is 322 g/mol. The molecule has 3 rings (SSSR count). The largest absolute Gasteiger partial charge is 0.318 e. The molecule has 122 valence electrons. The maximum Gasteiger partial charge on any atom is 0.314 e. The number of fused-ring (bicyclic) bond motifs is 1. The second-order valence-electron chi connectivity index (χ2n) is 5.86. The van der Waals surface area contributed by atoms with Gasteiger partial charge in [0.15, 0.2) is 0 Å². The summed E-state index contributed by atoms with van der Waals surface area (Å²) in [4.78, 5) is 24.0. The van der Waals surface area contributed by atoms with Crippen LogP contribution >= 0.6 is 0 Å². The molecular weight excluding hydrogens is 304 g/mol. The number of anilines is 2. The first kappa shape index (κ1) is 15.7. The van der Waals surface area contributed by atoms with Crippen LogP contribution in [0.15, 0.2) is 48.7 Å². The molecule has 6 nitrogen and oxygen atoms in total. The number of hydrogen-bond acceptors (Lipinski definition) is 3. The van der Waals surface area contributed by atoms with Crippen molar-refractivity contribution in [2.24, 2.45) is 0 Å². The third-order valence-corrected chi connectivity index (χ3v) is 3.74. The van der Waals surface area contributed by atoms with Crippen molar-refractivity contribution in [1.82, 2.24) is 10.2 Å². The number of rotatable bonds is 3. The number of hydrogen-bond donors (Lipinski definition) is 3. The smallest absolute Gasteiger partial charge is 0.314 e. The molecule has 0 radical (unpaired) electrons. The molecule has 0 aliphatic heterocycles. The highest BCUT2D eigenvalue weighted by Gasteiger charge is 2.14. The molecule has 0 atom stereocenters. The standard InChI is InChI=1S/C18H18N4O2/c1-11(2)12-3-6-14(7-4-12)20-17(23)18(24)21-15-8-5-13-10-19-22-16(13)9-15/h3-11H,1-2H3,(H,19,22)(H,20,23)(H,21,24). The zero-order valence-corrected chi connectivity index (χ0v) is 13.5. The highest BCUT2D eigenvalue weighted by molar-refractivity contribution is 6.43. The quantitative estimate of drug-likeness (QED) is 0.647. The Balaban J connectivity index is 1.64. The van der Waals surface area contributed by atoms with Gasteiger partial charge in [0.05, 0.1) is 11.7 Å². The summed E-state index contributed by atoms with van der Waals surface area (Å²) in [5.74, 6) is -1.02. The van der Waals surface area contributed by atoms with Crippen molar-refractivity contribution in [2.45, 2.75) is 19.8 Å². The van der Waals surface area contributed by atoms with Gasteiger partial charge in [-0.3, -0.25) is 14.7 Å². The Labute approximate surface area is 139 Å². The van der Waals surface area contributed by atoms with Crippen molar-refractivity contribution in [1.29, 1.82) is 0 Å². The Morgan fingerprint density at radius 2 is 1.58 bits per heavy atom. The summed E-state index contributed by atoms with van der Waals surface area (Å²) in [5, 5.41) is 12.8. The normalized spacial score (nSPS) is 10.8. The molecule has 0 unspecified atom stereocenters. The maximum absolute atomic E-state index is 12.0. The second-order valence-corrected chi connectivity index (χ2v) is 5.86. The fourth-order valence-electron chi connectivity index (χ4n) is 2.34. The number of H-pyrrole nitrogens is 1. The summed E-state index contributed by atoms with van der Waals surface area (Å²) in [5.41, 5.74) is 3.08. The van der Waals surface area contributed by atoms with Gasteiger partial charge in [0.25, 0.3) is 0 Å². The van der Waals surface area contributed by atoms with Crippen molar-refractivity contribution in [3.8, 4) is 0 Å². The van der Waals surface area contributed by atoms with E-state index in [1.165, 1.54) is 5.56 Å². The van der Waals surface area contributed by atoms with Gasteiger partial charge in [0, 0.05) is 16.8 Å². The Bertz CT molecular complexity index is 881. The number of nitrogens with zero attached hydrogens (tertiary/aromatic N) is 1. The lowest BCUT2D eigenvalue weighted by molar-refractivity contribution is -0.132. The molecule has 3 N–H and O–H groups in total. The Hall–Kier alpha value is -3.15. The number of aromatic amines is 1. The number of aromatic nitrogens is 2. The first-order valence-corrected chi connectivity index (χ1v) is 7.68. The summed E-state index contributed by atoms with van der Waals surface area (Å²) in [6, 6.07) is 12.7. The molecule has 2 amide bonds. The molecule has 0 saturated heterocycles. The molecule has 0 spiro atoms. The van der Waals surface area contributed by atoms with Gasteiger partial charge in [-0.25, -0.2) is 0 Å². The number of carbonyl (C=O) groups is 2. The van der Waals surface area contributed by atoms with Crippen molar-refractivity contribution >= 4 is 34.1 Å². The molecular formula is C18H18N4O2. The SMILES string of the molecule is CC(C)c1ccc(NC(=O)C(=O)Nc2ccc3cn[nH]c3c2)cc1. The van der Waals surface area contributed by atoms with Gasteiger partial charge in [-0.1, -0.05) is 26.0 Å². The number of nitrogens with one attached hydrogen (secondary N) is 3. The van der Waals surface area contributed by atoms with Gasteiger partial charge < -0.3 is 10.6 Å². The van der Waals surface area contributed by atoms with E-state index in [1.54, 1.807) is 30.5 Å². The van der Waals surface area contributed by atoms with Crippen LogP contribution in [0, 0.1) is 0 Å². The van der Waals surface area contributed by atoms with Crippen LogP contribution in [-0.2, 0) is 9.59 Å². The van der Waals surface area contributed by atoms with Crippen LogP contribution in [0.5, 0.6) is 0 Å². The minimum atomic E-state index is -0.721. The van der Waals surface area contributed by atoms with E-state index in [2.05, 4.69) is 34.7 Å². The first-order chi connectivity index (χ1) is 11.5. The predicted molar refractivity (Wildman–Crippen MR) is 93.9 cm³/mol. The van der Waals surface area contributed by atoms with Crippen molar-refractivity contribution < 1.29 is 9.59 Å². The Morgan fingerprint density at radius 1 is 0.958 bits per heavy atom. The van der Waals surface area contributed by atoms with Crippen molar-refractivity contribution in [2.75, 3.05) is 10.6 Å². The molecule has 0 bridgehead atoms. The summed E-state index contributed by atoms with van der Waals surface area (Å²) in [6.45, 7) is 4.19. The third-order valence-electron chi connectivity index (χ3n) is 3.74. The van der Waals surface area contributed by atoms with Gasteiger partial charge in [-0.05, 0) is 41.8 Å². The fourth-order valence-corrected chi connectivity index (χ4v) is 2.34. The van der Waals surface area contributed by atoms with Crippen LogP contribution in [-0.4, -0.2) is 22.0 Å². The lowest BCUT2D eigenvalue weighted by atomic mass is 10.0. The van der Waals surface area contributed by atoms with E-state index in [-0.39, 0.29) is 0 Å². The van der Waals surface area contributed by atoms with Gasteiger partial charge in [0.1, 0.15) is 0 Å². The van der Waals surface area contributed by atoms with Gasteiger partial charge >= 0.3 is 11.8 Å². The Morgan fingerprint density at radius 3 is 2.25 bits per heavy atom. The lowest BCUT2D eigenvalue weighted by Crippen LogP contribution is -2.29. The molecule has 1 heterocycles. The van der Waals surface area contributed by atoms with E-state index < -0.39 is 11.8 Å². The average Bonchev–Trinajstić information content (AvgIpc) is 3.03. The van der Waals surface area contributed by atoms with Crippen molar-refractivity contribution in [3.05, 3.63) is 54.2 Å². The molecule has 0 aliphatic rings. The molecule has 6 heteroatoms. The molecule has 0 fully saturated rings.